The summed E-state index contributed by atoms with van der Waals surface area (Å²) in [7, 11) is 0. The zero-order chi connectivity index (χ0) is 14.4. The number of anilines is 2. The van der Waals surface area contributed by atoms with Gasteiger partial charge in [0.1, 0.15) is 0 Å². The van der Waals surface area contributed by atoms with Crippen LogP contribution in [0.2, 0.25) is 0 Å². The third-order valence-corrected chi connectivity index (χ3v) is 4.76. The van der Waals surface area contributed by atoms with Gasteiger partial charge in [-0.15, -0.1) is 0 Å². The summed E-state index contributed by atoms with van der Waals surface area (Å²) >= 11 is 0. The number of hydrogen-bond acceptors (Lipinski definition) is 2. The first-order chi connectivity index (χ1) is 10.3. The summed E-state index contributed by atoms with van der Waals surface area (Å²) in [5.41, 5.74) is 13.8. The van der Waals surface area contributed by atoms with Gasteiger partial charge in [-0.25, -0.2) is 0 Å². The van der Waals surface area contributed by atoms with Gasteiger partial charge in [-0.05, 0) is 47.7 Å². The molecule has 21 heavy (non-hydrogen) atoms. The molecular weight excluding hydrogens is 256 g/mol. The second-order valence-corrected chi connectivity index (χ2v) is 5.95. The Balaban J connectivity index is 1.78. The molecule has 2 nitrogen and oxygen atoms in total. The Kier molecular flexibility index (Phi) is 2.78. The number of fused-ring (bicyclic) bond motifs is 2. The average molecular weight is 276 g/mol. The van der Waals surface area contributed by atoms with Crippen LogP contribution in [-0.4, -0.2) is 6.54 Å². The van der Waals surface area contributed by atoms with E-state index in [1.165, 1.54) is 28.1 Å². The Hall–Kier alpha value is -2.22. The fourth-order valence-corrected chi connectivity index (χ4v) is 3.74. The minimum atomic E-state index is 0.508. The summed E-state index contributed by atoms with van der Waals surface area (Å²) in [6, 6.07) is 15.1. The van der Waals surface area contributed by atoms with Gasteiger partial charge in [0.05, 0.1) is 0 Å². The third-order valence-electron chi connectivity index (χ3n) is 4.76. The normalized spacial score (nSPS) is 19.4. The molecule has 2 aromatic rings. The van der Waals surface area contributed by atoms with Gasteiger partial charge in [-0.2, -0.15) is 0 Å². The first-order valence-corrected chi connectivity index (χ1v) is 7.74. The number of nitrogen functional groups attached to an aromatic ring is 1. The monoisotopic (exact) mass is 276 g/mol. The van der Waals surface area contributed by atoms with Gasteiger partial charge in [0.2, 0.25) is 0 Å². The lowest BCUT2D eigenvalue weighted by Crippen LogP contribution is -2.22. The van der Waals surface area contributed by atoms with Crippen LogP contribution in [0.4, 0.5) is 11.4 Å². The first kappa shape index (κ1) is 12.5. The molecule has 2 aliphatic rings. The molecule has 0 saturated heterocycles. The first-order valence-electron chi connectivity index (χ1n) is 7.74. The van der Waals surface area contributed by atoms with E-state index >= 15 is 0 Å². The van der Waals surface area contributed by atoms with E-state index in [-0.39, 0.29) is 0 Å². The van der Waals surface area contributed by atoms with Crippen LogP contribution in [-0.2, 0) is 6.42 Å². The van der Waals surface area contributed by atoms with Crippen LogP contribution in [0.25, 0.3) is 6.08 Å². The van der Waals surface area contributed by atoms with Crippen molar-refractivity contribution >= 4 is 17.5 Å². The number of hydrogen-bond donors (Lipinski definition) is 1. The predicted octanol–water partition coefficient (Wildman–Crippen LogP) is 4.18. The lowest BCUT2D eigenvalue weighted by atomic mass is 9.96. The molecule has 1 aliphatic carbocycles. The van der Waals surface area contributed by atoms with Crippen molar-refractivity contribution in [3.8, 4) is 0 Å². The van der Waals surface area contributed by atoms with Crippen LogP contribution in [0.3, 0.4) is 0 Å². The number of allylic oxidation sites excluding steroid dienone is 1. The maximum absolute atomic E-state index is 6.00. The van der Waals surface area contributed by atoms with E-state index in [2.05, 4.69) is 54.3 Å². The Bertz CT molecular complexity index is 730. The van der Waals surface area contributed by atoms with Crippen LogP contribution >= 0.6 is 0 Å². The van der Waals surface area contributed by atoms with E-state index < -0.39 is 0 Å². The second kappa shape index (κ2) is 4.66. The quantitative estimate of drug-likeness (QED) is 0.834. The molecular formula is C19H20N2. The van der Waals surface area contributed by atoms with Crippen molar-refractivity contribution in [1.29, 1.82) is 0 Å². The van der Waals surface area contributed by atoms with Gasteiger partial charge in [-0.1, -0.05) is 37.3 Å². The van der Waals surface area contributed by atoms with Crippen molar-refractivity contribution < 1.29 is 0 Å². The highest BCUT2D eigenvalue weighted by Crippen LogP contribution is 2.44. The zero-order valence-electron chi connectivity index (χ0n) is 12.3. The summed E-state index contributed by atoms with van der Waals surface area (Å²) in [5.74, 6) is 0.508. The second-order valence-electron chi connectivity index (χ2n) is 5.95. The molecule has 106 valence electrons. The summed E-state index contributed by atoms with van der Waals surface area (Å²) in [6.07, 6.45) is 4.61. The van der Waals surface area contributed by atoms with Gasteiger partial charge in [0.15, 0.2) is 0 Å². The van der Waals surface area contributed by atoms with Crippen molar-refractivity contribution in [2.45, 2.75) is 25.7 Å². The van der Waals surface area contributed by atoms with Gasteiger partial charge in [-0.3, -0.25) is 0 Å². The minimum absolute atomic E-state index is 0.508. The molecule has 1 heterocycles. The van der Waals surface area contributed by atoms with Gasteiger partial charge < -0.3 is 10.6 Å². The van der Waals surface area contributed by atoms with Crippen molar-refractivity contribution in [1.82, 2.24) is 0 Å². The zero-order valence-corrected chi connectivity index (χ0v) is 12.3. The van der Waals surface area contributed by atoms with Crippen LogP contribution in [0.1, 0.15) is 36.0 Å². The molecule has 0 saturated carbocycles. The molecule has 2 aromatic carbocycles. The Labute approximate surface area is 125 Å². The van der Waals surface area contributed by atoms with Crippen LogP contribution in [0, 0.1) is 0 Å². The summed E-state index contributed by atoms with van der Waals surface area (Å²) < 4.78 is 0. The van der Waals surface area contributed by atoms with E-state index in [9.17, 15) is 0 Å². The topological polar surface area (TPSA) is 29.3 Å². The molecule has 2 heteroatoms. The van der Waals surface area contributed by atoms with E-state index in [1.54, 1.807) is 0 Å². The lowest BCUT2D eigenvalue weighted by molar-refractivity contribution is 0.735. The highest BCUT2D eigenvalue weighted by molar-refractivity contribution is 5.76. The van der Waals surface area contributed by atoms with E-state index in [4.69, 9.17) is 5.73 Å². The number of rotatable bonds is 2. The standard InChI is InChI=1S/C19H20N2/c1-2-16-17-6-4-3-5-14(17)11-19(16)21-10-9-13-7-8-15(20)12-18(13)21/h3-8,11-12,16H,2,9-10,20H2,1H3. The minimum Gasteiger partial charge on any atom is -0.399 e. The van der Waals surface area contributed by atoms with Crippen LogP contribution in [0.5, 0.6) is 0 Å². The SMILES string of the molecule is CCC1C(N2CCc3ccc(N)cc32)=Cc2ccccc21. The Morgan fingerprint density at radius 3 is 2.90 bits per heavy atom. The van der Waals surface area contributed by atoms with Gasteiger partial charge in [0, 0.05) is 29.5 Å². The third kappa shape index (κ3) is 1.86. The molecule has 0 radical (unpaired) electrons. The average Bonchev–Trinajstić information content (AvgIpc) is 3.06. The van der Waals surface area contributed by atoms with Crippen molar-refractivity contribution in [3.63, 3.8) is 0 Å². The van der Waals surface area contributed by atoms with Crippen molar-refractivity contribution in [3.05, 3.63) is 64.9 Å². The molecule has 0 bridgehead atoms. The largest absolute Gasteiger partial charge is 0.399 e. The molecule has 1 atom stereocenters. The number of nitrogens with two attached hydrogens (primary N) is 1. The number of nitrogens with zero attached hydrogens (tertiary/aromatic N) is 1. The molecule has 1 aliphatic heterocycles. The molecule has 1 unspecified atom stereocenters. The smallest absolute Gasteiger partial charge is 0.0462 e. The van der Waals surface area contributed by atoms with E-state index in [0.717, 1.165) is 25.1 Å². The fraction of sp³-hybridized carbons (Fsp3) is 0.263. The maximum Gasteiger partial charge on any atom is 0.0462 e. The molecule has 0 aromatic heterocycles. The molecule has 0 spiro atoms. The highest BCUT2D eigenvalue weighted by Gasteiger charge is 2.31. The lowest BCUT2D eigenvalue weighted by Gasteiger charge is -2.26. The molecule has 0 fully saturated rings. The Morgan fingerprint density at radius 1 is 1.19 bits per heavy atom. The van der Waals surface area contributed by atoms with Crippen molar-refractivity contribution in [2.75, 3.05) is 17.2 Å². The predicted molar refractivity (Wildman–Crippen MR) is 89.4 cm³/mol. The van der Waals surface area contributed by atoms with E-state index in [1.807, 2.05) is 6.07 Å². The van der Waals surface area contributed by atoms with Gasteiger partial charge in [0.25, 0.3) is 0 Å². The van der Waals surface area contributed by atoms with Crippen LogP contribution < -0.4 is 10.6 Å². The maximum atomic E-state index is 6.00. The van der Waals surface area contributed by atoms with Crippen molar-refractivity contribution in [2.24, 2.45) is 0 Å². The van der Waals surface area contributed by atoms with Gasteiger partial charge >= 0.3 is 0 Å². The molecule has 4 rings (SSSR count). The Morgan fingerprint density at radius 2 is 2.05 bits per heavy atom. The fourth-order valence-electron chi connectivity index (χ4n) is 3.74. The summed E-state index contributed by atoms with van der Waals surface area (Å²) in [5, 5.41) is 0. The molecule has 0 amide bonds. The summed E-state index contributed by atoms with van der Waals surface area (Å²) in [6.45, 7) is 3.34. The highest BCUT2D eigenvalue weighted by atomic mass is 15.2. The number of benzene rings is 2. The van der Waals surface area contributed by atoms with E-state index in [0.29, 0.717) is 5.92 Å². The summed E-state index contributed by atoms with van der Waals surface area (Å²) in [4.78, 5) is 2.47. The van der Waals surface area contributed by atoms with Crippen LogP contribution in [0.15, 0.2) is 48.2 Å². The molecule has 2 N–H and O–H groups in total.